The predicted molar refractivity (Wildman–Crippen MR) is 106 cm³/mol. The lowest BCUT2D eigenvalue weighted by Crippen LogP contribution is -2.41. The number of sulfonamides is 1. The fraction of sp³-hybridized carbons (Fsp3) is 0.706. The number of rotatable bonds is 10. The fourth-order valence-electron chi connectivity index (χ4n) is 2.84. The quantitative estimate of drug-likeness (QED) is 0.316. The van der Waals surface area contributed by atoms with Crippen molar-refractivity contribution in [3.63, 3.8) is 0 Å². The first-order valence-electron chi connectivity index (χ1n) is 9.21. The second kappa shape index (κ2) is 11.5. The van der Waals surface area contributed by atoms with E-state index in [1.165, 1.54) is 43.4 Å². The summed E-state index contributed by atoms with van der Waals surface area (Å²) in [6.07, 6.45) is 7.66. The van der Waals surface area contributed by atoms with Crippen molar-refractivity contribution in [3.05, 3.63) is 17.5 Å². The first-order valence-corrected chi connectivity index (χ1v) is 11.6. The minimum atomic E-state index is -3.41. The van der Waals surface area contributed by atoms with Crippen molar-refractivity contribution in [1.29, 1.82) is 0 Å². The van der Waals surface area contributed by atoms with Gasteiger partial charge < -0.3 is 15.4 Å². The molecule has 1 aromatic rings. The van der Waals surface area contributed by atoms with Crippen LogP contribution in [0.1, 0.15) is 38.5 Å². The standard InChI is InChI=1S/C17H30N4O3S2/c1-18-17(19-10-6-13-24-15-7-3-2-4-8-15)20-11-12-21-26(22,23)16-9-5-14-25-16/h5,9,14-15,21H,2-4,6-8,10-13H2,1H3,(H2,18,19,20). The maximum atomic E-state index is 12.0. The van der Waals surface area contributed by atoms with Gasteiger partial charge in [0.05, 0.1) is 6.10 Å². The average molecular weight is 403 g/mol. The summed E-state index contributed by atoms with van der Waals surface area (Å²) in [5, 5.41) is 8.06. The lowest BCUT2D eigenvalue weighted by Gasteiger charge is -2.22. The molecule has 0 radical (unpaired) electrons. The van der Waals surface area contributed by atoms with E-state index in [1.807, 2.05) is 0 Å². The lowest BCUT2D eigenvalue weighted by molar-refractivity contribution is 0.0277. The molecule has 1 aliphatic rings. The van der Waals surface area contributed by atoms with Gasteiger partial charge in [0.15, 0.2) is 5.96 Å². The monoisotopic (exact) mass is 402 g/mol. The van der Waals surface area contributed by atoms with Crippen LogP contribution in [-0.4, -0.2) is 53.8 Å². The van der Waals surface area contributed by atoms with Crippen molar-refractivity contribution in [2.75, 3.05) is 33.3 Å². The Bertz CT molecular complexity index is 626. The molecule has 1 heterocycles. The van der Waals surface area contributed by atoms with Gasteiger partial charge in [0.25, 0.3) is 0 Å². The second-order valence-electron chi connectivity index (χ2n) is 6.24. The average Bonchev–Trinajstić information content (AvgIpc) is 3.20. The summed E-state index contributed by atoms with van der Waals surface area (Å²) >= 11 is 1.21. The Labute approximate surface area is 160 Å². The first-order chi connectivity index (χ1) is 12.6. The molecule has 0 spiro atoms. The summed E-state index contributed by atoms with van der Waals surface area (Å²) < 4.78 is 32.8. The molecule has 0 atom stereocenters. The maximum absolute atomic E-state index is 12.0. The van der Waals surface area contributed by atoms with Crippen molar-refractivity contribution in [2.45, 2.75) is 48.8 Å². The highest BCUT2D eigenvalue weighted by molar-refractivity contribution is 7.91. The van der Waals surface area contributed by atoms with E-state index < -0.39 is 10.0 Å². The Kier molecular flexibility index (Phi) is 9.38. The van der Waals surface area contributed by atoms with E-state index in [-0.39, 0.29) is 0 Å². The summed E-state index contributed by atoms with van der Waals surface area (Å²) in [6, 6.07) is 3.32. The van der Waals surface area contributed by atoms with E-state index in [2.05, 4.69) is 20.3 Å². The zero-order valence-electron chi connectivity index (χ0n) is 15.4. The number of guanidine groups is 1. The van der Waals surface area contributed by atoms with Gasteiger partial charge in [-0.2, -0.15) is 0 Å². The number of hydrogen-bond donors (Lipinski definition) is 3. The van der Waals surface area contributed by atoms with Crippen LogP contribution in [0.15, 0.2) is 26.7 Å². The van der Waals surface area contributed by atoms with Gasteiger partial charge in [0, 0.05) is 33.3 Å². The third kappa shape index (κ3) is 7.61. The van der Waals surface area contributed by atoms with Gasteiger partial charge in [-0.3, -0.25) is 4.99 Å². The van der Waals surface area contributed by atoms with Crippen LogP contribution in [0, 0.1) is 0 Å². The second-order valence-corrected chi connectivity index (χ2v) is 9.18. The Morgan fingerprint density at radius 2 is 2.00 bits per heavy atom. The molecular weight excluding hydrogens is 372 g/mol. The third-order valence-electron chi connectivity index (χ3n) is 4.21. The van der Waals surface area contributed by atoms with Gasteiger partial charge in [0.2, 0.25) is 10.0 Å². The van der Waals surface area contributed by atoms with Gasteiger partial charge in [-0.05, 0) is 30.7 Å². The van der Waals surface area contributed by atoms with Crippen LogP contribution in [0.5, 0.6) is 0 Å². The number of hydrogen-bond acceptors (Lipinski definition) is 5. The third-order valence-corrected chi connectivity index (χ3v) is 7.07. The highest BCUT2D eigenvalue weighted by atomic mass is 32.2. The molecule has 0 saturated heterocycles. The molecule has 148 valence electrons. The summed E-state index contributed by atoms with van der Waals surface area (Å²) in [4.78, 5) is 4.14. The van der Waals surface area contributed by atoms with Crippen molar-refractivity contribution in [2.24, 2.45) is 4.99 Å². The number of aliphatic imine (C=N–C) groups is 1. The largest absolute Gasteiger partial charge is 0.378 e. The molecule has 1 saturated carbocycles. The normalized spacial score (nSPS) is 16.6. The Morgan fingerprint density at radius 1 is 1.23 bits per heavy atom. The van der Waals surface area contributed by atoms with E-state index in [1.54, 1.807) is 24.6 Å². The molecule has 7 nitrogen and oxygen atoms in total. The molecule has 1 aromatic heterocycles. The van der Waals surface area contributed by atoms with E-state index in [0.29, 0.717) is 29.4 Å². The van der Waals surface area contributed by atoms with E-state index in [0.717, 1.165) is 19.6 Å². The minimum Gasteiger partial charge on any atom is -0.378 e. The number of ether oxygens (including phenoxy) is 1. The molecular formula is C17H30N4O3S2. The summed E-state index contributed by atoms with van der Waals surface area (Å²) in [5.74, 6) is 0.665. The van der Waals surface area contributed by atoms with E-state index in [4.69, 9.17) is 4.74 Å². The first kappa shape index (κ1) is 21.1. The highest BCUT2D eigenvalue weighted by Crippen LogP contribution is 2.20. The number of nitrogens with one attached hydrogen (secondary N) is 3. The Hall–Kier alpha value is -1.16. The molecule has 3 N–H and O–H groups in total. The SMILES string of the molecule is CN=C(NCCCOC1CCCCC1)NCCNS(=O)(=O)c1cccs1. The molecule has 0 amide bonds. The van der Waals surface area contributed by atoms with Crippen LogP contribution in [0.2, 0.25) is 0 Å². The van der Waals surface area contributed by atoms with Crippen molar-refractivity contribution in [3.8, 4) is 0 Å². The molecule has 0 bridgehead atoms. The van der Waals surface area contributed by atoms with Gasteiger partial charge in [-0.1, -0.05) is 25.3 Å². The molecule has 9 heteroatoms. The number of nitrogens with zero attached hydrogens (tertiary/aromatic N) is 1. The zero-order chi connectivity index (χ0) is 18.7. The van der Waals surface area contributed by atoms with Crippen LogP contribution in [0.3, 0.4) is 0 Å². The number of thiophene rings is 1. The predicted octanol–water partition coefficient (Wildman–Crippen LogP) is 1.93. The van der Waals surface area contributed by atoms with Crippen LogP contribution < -0.4 is 15.4 Å². The van der Waals surface area contributed by atoms with Crippen LogP contribution in [0.4, 0.5) is 0 Å². The smallest absolute Gasteiger partial charge is 0.250 e. The Morgan fingerprint density at radius 3 is 2.69 bits per heavy atom. The van der Waals surface area contributed by atoms with Gasteiger partial charge in [0.1, 0.15) is 4.21 Å². The van der Waals surface area contributed by atoms with Crippen molar-refractivity contribution >= 4 is 27.3 Å². The summed E-state index contributed by atoms with van der Waals surface area (Å²) in [7, 11) is -1.71. The molecule has 0 unspecified atom stereocenters. The molecule has 26 heavy (non-hydrogen) atoms. The highest BCUT2D eigenvalue weighted by Gasteiger charge is 2.14. The van der Waals surface area contributed by atoms with Crippen molar-refractivity contribution in [1.82, 2.24) is 15.4 Å². The van der Waals surface area contributed by atoms with Crippen LogP contribution >= 0.6 is 11.3 Å². The Balaban J connectivity index is 1.53. The molecule has 0 aromatic carbocycles. The zero-order valence-corrected chi connectivity index (χ0v) is 17.0. The summed E-state index contributed by atoms with van der Waals surface area (Å²) in [6.45, 7) is 2.29. The van der Waals surface area contributed by atoms with E-state index >= 15 is 0 Å². The molecule has 0 aliphatic heterocycles. The maximum Gasteiger partial charge on any atom is 0.250 e. The molecule has 1 fully saturated rings. The van der Waals surface area contributed by atoms with Crippen molar-refractivity contribution < 1.29 is 13.2 Å². The van der Waals surface area contributed by atoms with E-state index in [9.17, 15) is 8.42 Å². The van der Waals surface area contributed by atoms with Gasteiger partial charge >= 0.3 is 0 Å². The fourth-order valence-corrected chi connectivity index (χ4v) is 4.90. The van der Waals surface area contributed by atoms with Gasteiger partial charge in [-0.15, -0.1) is 11.3 Å². The van der Waals surface area contributed by atoms with Crippen LogP contribution in [0.25, 0.3) is 0 Å². The molecule has 1 aliphatic carbocycles. The minimum absolute atomic E-state index is 0.297. The molecule has 2 rings (SSSR count). The van der Waals surface area contributed by atoms with Gasteiger partial charge in [-0.25, -0.2) is 13.1 Å². The van der Waals surface area contributed by atoms with Crippen LogP contribution in [-0.2, 0) is 14.8 Å². The lowest BCUT2D eigenvalue weighted by atomic mass is 9.98. The summed E-state index contributed by atoms with van der Waals surface area (Å²) in [5.41, 5.74) is 0. The topological polar surface area (TPSA) is 91.8 Å².